The highest BCUT2D eigenvalue weighted by atomic mass is 32.3. The molecule has 4 fully saturated rings. The Morgan fingerprint density at radius 3 is 2.05 bits per heavy atom. The summed E-state index contributed by atoms with van der Waals surface area (Å²) >= 11 is 0. The van der Waals surface area contributed by atoms with E-state index >= 15 is 0 Å². The van der Waals surface area contributed by atoms with Crippen LogP contribution in [0.5, 0.6) is 0 Å². The van der Waals surface area contributed by atoms with E-state index in [1.807, 2.05) is 6.92 Å². The summed E-state index contributed by atoms with van der Waals surface area (Å²) in [5, 5.41) is 44.2. The van der Waals surface area contributed by atoms with Crippen molar-refractivity contribution in [3.63, 3.8) is 0 Å². The Hall–Kier alpha value is -0.420. The largest absolute Gasteiger partial charge is 0.397 e. The second-order valence-electron chi connectivity index (χ2n) is 13.8. The summed E-state index contributed by atoms with van der Waals surface area (Å²) in [5.74, 6) is -0.416. The van der Waals surface area contributed by atoms with E-state index in [9.17, 15) is 37.3 Å². The van der Waals surface area contributed by atoms with Crippen molar-refractivity contribution in [2.24, 2.45) is 52.3 Å². The van der Waals surface area contributed by atoms with Gasteiger partial charge in [0.2, 0.25) is 0 Å². The standard InChI is InChI=1S/C27H48O12S2/c1-15(4-7-22(29)16(13-38-40(32,33)34)14-39-41(35,36)37)19-5-6-20-25-21(12-24(31)27(19,20)3)26(2)9-8-18(28)10-17(26)11-23(25)30/h15-25,28-31H,4-14H2,1-3H3,(H,32,33,34)(H,35,36,37)/t15-,17+,18-,19?,20?,21?,22-,23?,24+,25?,26+,27-/m1/s1. The van der Waals surface area contributed by atoms with Gasteiger partial charge >= 0.3 is 20.8 Å². The van der Waals surface area contributed by atoms with Crippen molar-refractivity contribution in [1.29, 1.82) is 0 Å². The third-order valence-electron chi connectivity index (χ3n) is 11.8. The molecule has 0 saturated heterocycles. The average Bonchev–Trinajstić information content (AvgIpc) is 3.21. The van der Waals surface area contributed by atoms with Crippen LogP contribution >= 0.6 is 0 Å². The maximum atomic E-state index is 11.7. The molecule has 5 unspecified atom stereocenters. The summed E-state index contributed by atoms with van der Waals surface area (Å²) in [4.78, 5) is 0. The van der Waals surface area contributed by atoms with Gasteiger partial charge in [-0.15, -0.1) is 0 Å². The predicted molar refractivity (Wildman–Crippen MR) is 147 cm³/mol. The Labute approximate surface area is 243 Å². The molecule has 4 saturated carbocycles. The van der Waals surface area contributed by atoms with Crippen LogP contribution in [0.4, 0.5) is 0 Å². The zero-order valence-corrected chi connectivity index (χ0v) is 25.7. The molecule has 0 aliphatic heterocycles. The third-order valence-corrected chi connectivity index (χ3v) is 12.7. The molecule has 6 N–H and O–H groups in total. The van der Waals surface area contributed by atoms with Crippen LogP contribution in [-0.4, -0.2) is 84.0 Å². The molecule has 41 heavy (non-hydrogen) atoms. The zero-order chi connectivity index (χ0) is 30.5. The lowest BCUT2D eigenvalue weighted by molar-refractivity contribution is -0.207. The first-order chi connectivity index (χ1) is 18.9. The van der Waals surface area contributed by atoms with Crippen molar-refractivity contribution in [3.8, 4) is 0 Å². The van der Waals surface area contributed by atoms with Crippen LogP contribution in [0, 0.1) is 52.3 Å². The summed E-state index contributed by atoms with van der Waals surface area (Å²) < 4.78 is 70.6. The molecule has 240 valence electrons. The Morgan fingerprint density at radius 1 is 0.854 bits per heavy atom. The van der Waals surface area contributed by atoms with E-state index in [0.29, 0.717) is 25.7 Å². The van der Waals surface area contributed by atoms with Gasteiger partial charge in [-0.1, -0.05) is 20.8 Å². The van der Waals surface area contributed by atoms with Gasteiger partial charge in [-0.25, -0.2) is 8.37 Å². The number of rotatable bonds is 11. The summed E-state index contributed by atoms with van der Waals surface area (Å²) in [7, 11) is -9.69. The molecule has 4 aliphatic rings. The van der Waals surface area contributed by atoms with Gasteiger partial charge in [-0.05, 0) is 104 Å². The lowest BCUT2D eigenvalue weighted by Crippen LogP contribution is -2.62. The second kappa shape index (κ2) is 12.2. The second-order valence-corrected chi connectivity index (χ2v) is 16.0. The van der Waals surface area contributed by atoms with Crippen LogP contribution in [-0.2, 0) is 29.2 Å². The van der Waals surface area contributed by atoms with E-state index in [1.54, 1.807) is 0 Å². The molecule has 0 bridgehead atoms. The van der Waals surface area contributed by atoms with Crippen molar-refractivity contribution in [3.05, 3.63) is 0 Å². The first kappa shape index (κ1) is 33.5. The zero-order valence-electron chi connectivity index (χ0n) is 24.1. The SMILES string of the molecule is C[C@H](CC[C@@H](O)C(COS(=O)(=O)O)COS(=O)(=O)O)C1CCC2C3C(O)C[C@@H]4C[C@H](O)CC[C@]4(C)C3C[C@H](O)[C@@]21C. The van der Waals surface area contributed by atoms with Crippen molar-refractivity contribution in [1.82, 2.24) is 0 Å². The highest BCUT2D eigenvalue weighted by molar-refractivity contribution is 7.81. The molecule has 4 rings (SSSR count). The number of fused-ring (bicyclic) bond motifs is 5. The van der Waals surface area contributed by atoms with Gasteiger partial charge in [0.25, 0.3) is 0 Å². The fourth-order valence-corrected chi connectivity index (χ4v) is 10.3. The molecule has 0 aromatic heterocycles. The Balaban J connectivity index is 1.45. The molecule has 0 aromatic carbocycles. The van der Waals surface area contributed by atoms with Crippen LogP contribution in [0.2, 0.25) is 0 Å². The highest BCUT2D eigenvalue weighted by Crippen LogP contribution is 2.68. The van der Waals surface area contributed by atoms with Crippen molar-refractivity contribution in [2.75, 3.05) is 13.2 Å². The minimum absolute atomic E-state index is 0.0253. The first-order valence-corrected chi connectivity index (χ1v) is 17.6. The molecule has 0 aromatic rings. The summed E-state index contributed by atoms with van der Waals surface area (Å²) in [6.45, 7) is 4.96. The van der Waals surface area contributed by atoms with E-state index < -0.39 is 63.7 Å². The molecule has 12 atom stereocenters. The minimum atomic E-state index is -4.85. The van der Waals surface area contributed by atoms with Gasteiger partial charge in [-0.2, -0.15) is 16.8 Å². The van der Waals surface area contributed by atoms with Crippen LogP contribution in [0.15, 0.2) is 0 Å². The Kier molecular flexibility index (Phi) is 9.93. The van der Waals surface area contributed by atoms with Crippen molar-refractivity contribution >= 4 is 20.8 Å². The predicted octanol–water partition coefficient (Wildman–Crippen LogP) is 1.98. The van der Waals surface area contributed by atoms with Gasteiger partial charge in [-0.3, -0.25) is 9.11 Å². The number of aliphatic hydroxyl groups excluding tert-OH is 4. The number of hydrogen-bond donors (Lipinski definition) is 6. The molecule has 0 heterocycles. The van der Waals surface area contributed by atoms with Crippen molar-refractivity contribution < 1.29 is 54.7 Å². The topological polar surface area (TPSA) is 208 Å². The van der Waals surface area contributed by atoms with Gasteiger partial charge in [0.1, 0.15) is 0 Å². The van der Waals surface area contributed by atoms with E-state index in [0.717, 1.165) is 25.7 Å². The Bertz CT molecular complexity index is 1100. The monoisotopic (exact) mass is 628 g/mol. The number of aliphatic hydroxyl groups is 4. The minimum Gasteiger partial charge on any atom is -0.393 e. The first-order valence-electron chi connectivity index (χ1n) is 14.8. The smallest absolute Gasteiger partial charge is 0.393 e. The van der Waals surface area contributed by atoms with Gasteiger partial charge < -0.3 is 20.4 Å². The molecule has 0 spiro atoms. The molecule has 0 radical (unpaired) electrons. The fourth-order valence-electron chi connectivity index (χ4n) is 9.62. The lowest BCUT2D eigenvalue weighted by Gasteiger charge is -2.63. The normalized spacial score (nSPS) is 42.8. The van der Waals surface area contributed by atoms with E-state index in [-0.39, 0.29) is 53.4 Å². The summed E-state index contributed by atoms with van der Waals surface area (Å²) in [5.41, 5.74) is -0.464. The van der Waals surface area contributed by atoms with Crippen LogP contribution in [0.3, 0.4) is 0 Å². The van der Waals surface area contributed by atoms with E-state index in [2.05, 4.69) is 22.2 Å². The van der Waals surface area contributed by atoms with Crippen LogP contribution < -0.4 is 0 Å². The molecule has 14 heteroatoms. The fraction of sp³-hybridized carbons (Fsp3) is 1.00. The third kappa shape index (κ3) is 6.97. The molecular formula is C27H48O12S2. The molecule has 4 aliphatic carbocycles. The Morgan fingerprint density at radius 2 is 1.46 bits per heavy atom. The number of hydrogen-bond acceptors (Lipinski definition) is 10. The maximum Gasteiger partial charge on any atom is 0.397 e. The van der Waals surface area contributed by atoms with Crippen LogP contribution in [0.25, 0.3) is 0 Å². The molecular weight excluding hydrogens is 580 g/mol. The van der Waals surface area contributed by atoms with Crippen LogP contribution in [0.1, 0.15) is 78.6 Å². The van der Waals surface area contributed by atoms with E-state index in [4.69, 9.17) is 9.11 Å². The van der Waals surface area contributed by atoms with Crippen molar-refractivity contribution in [2.45, 2.75) is 103 Å². The quantitative estimate of drug-likeness (QED) is 0.182. The highest BCUT2D eigenvalue weighted by Gasteiger charge is 2.65. The van der Waals surface area contributed by atoms with Gasteiger partial charge in [0, 0.05) is 5.92 Å². The summed E-state index contributed by atoms with van der Waals surface area (Å²) in [6.07, 6.45) is 3.31. The van der Waals surface area contributed by atoms with E-state index in [1.165, 1.54) is 0 Å². The van der Waals surface area contributed by atoms with Gasteiger partial charge in [0.05, 0.1) is 37.6 Å². The molecule has 12 nitrogen and oxygen atoms in total. The maximum absolute atomic E-state index is 11.7. The molecule has 0 amide bonds. The van der Waals surface area contributed by atoms with Gasteiger partial charge in [0.15, 0.2) is 0 Å². The summed E-state index contributed by atoms with van der Waals surface area (Å²) in [6, 6.07) is 0. The average molecular weight is 629 g/mol. The lowest BCUT2D eigenvalue weighted by atomic mass is 9.43.